The third kappa shape index (κ3) is 3.60. The summed E-state index contributed by atoms with van der Waals surface area (Å²) in [6.07, 6.45) is -6.48. The maximum atomic E-state index is 12.7. The number of halogens is 5. The Kier molecular flexibility index (Phi) is 3.62. The van der Waals surface area contributed by atoms with Crippen LogP contribution in [0.1, 0.15) is 23.2 Å². The summed E-state index contributed by atoms with van der Waals surface area (Å²) in [4.78, 5) is 11.2. The molecule has 0 N–H and O–H groups in total. The van der Waals surface area contributed by atoms with E-state index in [4.69, 9.17) is 0 Å². The summed E-state index contributed by atoms with van der Waals surface area (Å²) < 4.78 is 60.5. The van der Waals surface area contributed by atoms with Crippen LogP contribution in [0.5, 0.6) is 0 Å². The Morgan fingerprint density at radius 3 is 2.25 bits per heavy atom. The topological polar surface area (TPSA) is 17.1 Å². The van der Waals surface area contributed by atoms with E-state index in [1.165, 1.54) is 0 Å². The zero-order valence-electron chi connectivity index (χ0n) is 7.94. The van der Waals surface area contributed by atoms with Crippen LogP contribution in [0.4, 0.5) is 22.0 Å². The van der Waals surface area contributed by atoms with Gasteiger partial charge in [0.25, 0.3) is 0 Å². The van der Waals surface area contributed by atoms with Crippen molar-refractivity contribution in [1.29, 1.82) is 0 Å². The molecule has 0 saturated heterocycles. The van der Waals surface area contributed by atoms with Gasteiger partial charge in [0.05, 0.1) is 6.42 Å². The van der Waals surface area contributed by atoms with Gasteiger partial charge in [-0.05, 0) is 18.2 Å². The Morgan fingerprint density at radius 2 is 1.75 bits per heavy atom. The molecule has 0 aliphatic carbocycles. The lowest BCUT2D eigenvalue weighted by Crippen LogP contribution is -2.11. The Hall–Kier alpha value is -1.46. The summed E-state index contributed by atoms with van der Waals surface area (Å²) in [6, 6.07) is 2.25. The summed E-state index contributed by atoms with van der Waals surface area (Å²) >= 11 is 0. The van der Waals surface area contributed by atoms with Crippen molar-refractivity contribution in [3.63, 3.8) is 0 Å². The molecule has 0 aliphatic heterocycles. The van der Waals surface area contributed by atoms with Gasteiger partial charge in [0.2, 0.25) is 0 Å². The first-order valence-corrected chi connectivity index (χ1v) is 4.34. The fourth-order valence-corrected chi connectivity index (χ4v) is 1.07. The molecule has 88 valence electrons. The van der Waals surface area contributed by atoms with Crippen molar-refractivity contribution in [3.05, 3.63) is 35.4 Å². The van der Waals surface area contributed by atoms with Gasteiger partial charge < -0.3 is 0 Å². The second kappa shape index (κ2) is 4.59. The molecule has 0 fully saturated rings. The molecule has 0 spiro atoms. The lowest BCUT2D eigenvalue weighted by Gasteiger charge is -2.05. The number of carbonyl (C=O) groups excluding carboxylic acids is 1. The van der Waals surface area contributed by atoms with Gasteiger partial charge in [-0.3, -0.25) is 4.79 Å². The number of hydrogen-bond acceptors (Lipinski definition) is 1. The number of alkyl halides is 3. The molecule has 0 aliphatic rings. The first kappa shape index (κ1) is 12.6. The van der Waals surface area contributed by atoms with Crippen molar-refractivity contribution >= 4 is 5.78 Å². The van der Waals surface area contributed by atoms with Crippen LogP contribution in [0.25, 0.3) is 0 Å². The first-order chi connectivity index (χ1) is 7.29. The highest BCUT2D eigenvalue weighted by atomic mass is 19.4. The van der Waals surface area contributed by atoms with Crippen LogP contribution >= 0.6 is 0 Å². The highest BCUT2D eigenvalue weighted by Crippen LogP contribution is 2.22. The summed E-state index contributed by atoms with van der Waals surface area (Å²) in [6.45, 7) is 0. The average Bonchev–Trinajstić information content (AvgIpc) is 2.17. The number of ketones is 1. The van der Waals surface area contributed by atoms with Gasteiger partial charge >= 0.3 is 6.18 Å². The molecule has 0 aromatic heterocycles. The maximum Gasteiger partial charge on any atom is 0.389 e. The van der Waals surface area contributed by atoms with E-state index in [-0.39, 0.29) is 5.56 Å². The molecule has 0 unspecified atom stereocenters. The van der Waals surface area contributed by atoms with Gasteiger partial charge in [-0.15, -0.1) is 0 Å². The summed E-state index contributed by atoms with van der Waals surface area (Å²) in [5, 5.41) is 0. The molecule has 0 radical (unpaired) electrons. The Balaban J connectivity index is 2.70. The van der Waals surface area contributed by atoms with E-state index >= 15 is 0 Å². The number of Topliss-reactive ketones (excluding diaryl/α,β-unsaturated/α-hetero) is 1. The molecular weight excluding hydrogens is 231 g/mol. The maximum absolute atomic E-state index is 12.7. The van der Waals surface area contributed by atoms with E-state index < -0.39 is 36.4 Å². The number of benzene rings is 1. The summed E-state index contributed by atoms with van der Waals surface area (Å²) in [5.74, 6) is -3.26. The van der Waals surface area contributed by atoms with Gasteiger partial charge in [-0.1, -0.05) is 0 Å². The van der Waals surface area contributed by atoms with Crippen molar-refractivity contribution < 1.29 is 26.7 Å². The molecule has 0 heterocycles. The largest absolute Gasteiger partial charge is 0.389 e. The third-order valence-electron chi connectivity index (χ3n) is 1.88. The van der Waals surface area contributed by atoms with E-state index in [1.807, 2.05) is 0 Å². The van der Waals surface area contributed by atoms with Gasteiger partial charge in [0.15, 0.2) is 17.4 Å². The van der Waals surface area contributed by atoms with E-state index in [1.54, 1.807) is 0 Å². The third-order valence-corrected chi connectivity index (χ3v) is 1.88. The minimum absolute atomic E-state index is 0.261. The lowest BCUT2D eigenvalue weighted by molar-refractivity contribution is -0.133. The van der Waals surface area contributed by atoms with Crippen LogP contribution in [-0.4, -0.2) is 12.0 Å². The molecule has 1 aromatic carbocycles. The molecule has 0 saturated carbocycles. The van der Waals surface area contributed by atoms with Crippen molar-refractivity contribution in [3.8, 4) is 0 Å². The molecular formula is C10H7F5O. The Bertz CT molecular complexity index is 397. The molecule has 16 heavy (non-hydrogen) atoms. The Morgan fingerprint density at radius 1 is 1.12 bits per heavy atom. The Labute approximate surface area is 87.9 Å². The van der Waals surface area contributed by atoms with Crippen LogP contribution in [-0.2, 0) is 0 Å². The quantitative estimate of drug-likeness (QED) is 0.582. The lowest BCUT2D eigenvalue weighted by atomic mass is 10.1. The second-order valence-electron chi connectivity index (χ2n) is 3.17. The molecule has 0 amide bonds. The van der Waals surface area contributed by atoms with Crippen molar-refractivity contribution in [2.24, 2.45) is 0 Å². The average molecular weight is 238 g/mol. The van der Waals surface area contributed by atoms with Gasteiger partial charge in [0.1, 0.15) is 0 Å². The molecule has 1 nitrogen and oxygen atoms in total. The first-order valence-electron chi connectivity index (χ1n) is 4.34. The van der Waals surface area contributed by atoms with Crippen LogP contribution in [0.2, 0.25) is 0 Å². The molecule has 0 atom stereocenters. The molecule has 1 rings (SSSR count). The standard InChI is InChI=1S/C10H7F5O/c11-7-2-1-6(5-8(7)12)9(16)3-4-10(13,14)15/h1-2,5H,3-4H2. The summed E-state index contributed by atoms with van der Waals surface area (Å²) in [7, 11) is 0. The molecule has 0 bridgehead atoms. The highest BCUT2D eigenvalue weighted by Gasteiger charge is 2.28. The fourth-order valence-electron chi connectivity index (χ4n) is 1.07. The number of hydrogen-bond donors (Lipinski definition) is 0. The van der Waals surface area contributed by atoms with Crippen LogP contribution in [0.15, 0.2) is 18.2 Å². The highest BCUT2D eigenvalue weighted by molar-refractivity contribution is 5.96. The smallest absolute Gasteiger partial charge is 0.294 e. The summed E-state index contributed by atoms with van der Waals surface area (Å²) in [5.41, 5.74) is -0.261. The van der Waals surface area contributed by atoms with Gasteiger partial charge in [0, 0.05) is 12.0 Å². The number of carbonyl (C=O) groups is 1. The monoisotopic (exact) mass is 238 g/mol. The van der Waals surface area contributed by atoms with Crippen molar-refractivity contribution in [2.45, 2.75) is 19.0 Å². The zero-order chi connectivity index (χ0) is 12.3. The van der Waals surface area contributed by atoms with E-state index in [9.17, 15) is 26.7 Å². The zero-order valence-corrected chi connectivity index (χ0v) is 7.94. The van der Waals surface area contributed by atoms with Gasteiger partial charge in [-0.2, -0.15) is 13.2 Å². The van der Waals surface area contributed by atoms with Crippen LogP contribution in [0.3, 0.4) is 0 Å². The van der Waals surface area contributed by atoms with E-state index in [2.05, 4.69) is 0 Å². The SMILES string of the molecule is O=C(CCC(F)(F)F)c1ccc(F)c(F)c1. The second-order valence-corrected chi connectivity index (χ2v) is 3.17. The fraction of sp³-hybridized carbons (Fsp3) is 0.300. The number of rotatable bonds is 3. The van der Waals surface area contributed by atoms with E-state index in [0.717, 1.165) is 6.07 Å². The predicted octanol–water partition coefficient (Wildman–Crippen LogP) is 3.49. The molecule has 1 aromatic rings. The van der Waals surface area contributed by atoms with E-state index in [0.29, 0.717) is 12.1 Å². The minimum atomic E-state index is -4.44. The minimum Gasteiger partial charge on any atom is -0.294 e. The van der Waals surface area contributed by atoms with Crippen molar-refractivity contribution in [1.82, 2.24) is 0 Å². The molecule has 6 heteroatoms. The normalized spacial score (nSPS) is 11.6. The van der Waals surface area contributed by atoms with Crippen molar-refractivity contribution in [2.75, 3.05) is 0 Å². The van der Waals surface area contributed by atoms with Crippen LogP contribution in [0, 0.1) is 11.6 Å². The van der Waals surface area contributed by atoms with Crippen LogP contribution < -0.4 is 0 Å². The predicted molar refractivity (Wildman–Crippen MR) is 46.0 cm³/mol. The van der Waals surface area contributed by atoms with Gasteiger partial charge in [-0.25, -0.2) is 8.78 Å².